The fourth-order valence-electron chi connectivity index (χ4n) is 12.5. The number of aryl methyl sites for hydroxylation is 3. The van der Waals surface area contributed by atoms with Crippen LogP contribution in [0.25, 0.3) is 39.3 Å². The number of carbonyl (C=O) groups is 5. The zero-order chi connectivity index (χ0) is 52.3. The largest absolute Gasteiger partial charge is 0.481 e. The van der Waals surface area contributed by atoms with Crippen molar-refractivity contribution in [1.82, 2.24) is 30.6 Å². The molecule has 18 nitrogen and oxygen atoms in total. The van der Waals surface area contributed by atoms with Gasteiger partial charge in [0.25, 0.3) is 0 Å². The number of ether oxygens (including phenoxy) is 3. The van der Waals surface area contributed by atoms with Gasteiger partial charge in [-0.25, -0.2) is 19.6 Å². The summed E-state index contributed by atoms with van der Waals surface area (Å²) in [6.07, 6.45) is 3.62. The van der Waals surface area contributed by atoms with Gasteiger partial charge in [0.1, 0.15) is 0 Å². The van der Waals surface area contributed by atoms with Crippen LogP contribution in [0.3, 0.4) is 0 Å². The molecule has 1 spiro atoms. The molecule has 2 amide bonds. The Balaban J connectivity index is 0.879. The summed E-state index contributed by atoms with van der Waals surface area (Å²) >= 11 is 0. The molecular formula is C55H68N6O12. The summed E-state index contributed by atoms with van der Waals surface area (Å²) in [5.74, 6) is -5.19. The topological polar surface area (TPSA) is 253 Å². The van der Waals surface area contributed by atoms with Gasteiger partial charge in [-0.2, -0.15) is 0 Å². The van der Waals surface area contributed by atoms with E-state index in [1.165, 1.54) is 0 Å². The maximum Gasteiger partial charge on any atom is 0.338 e. The second kappa shape index (κ2) is 20.2. The Hall–Kier alpha value is -6.21. The molecule has 73 heavy (non-hydrogen) atoms. The lowest BCUT2D eigenvalue weighted by Crippen LogP contribution is -2.70. The molecule has 6 aliphatic heterocycles. The molecule has 10 bridgehead atoms. The van der Waals surface area contributed by atoms with Crippen LogP contribution in [0.15, 0.2) is 24.8 Å². The van der Waals surface area contributed by atoms with Gasteiger partial charge in [-0.3, -0.25) is 24.2 Å². The van der Waals surface area contributed by atoms with Crippen molar-refractivity contribution in [2.45, 2.75) is 155 Å². The molecular weight excluding hydrogens is 937 g/mol. The first kappa shape index (κ1) is 51.7. The number of esters is 1. The van der Waals surface area contributed by atoms with E-state index < -0.39 is 60.1 Å². The summed E-state index contributed by atoms with van der Waals surface area (Å²) in [5, 5.41) is 26.6. The highest BCUT2D eigenvalue weighted by atomic mass is 17.3. The number of rotatable bonds is 15. The van der Waals surface area contributed by atoms with Crippen molar-refractivity contribution in [2.75, 3.05) is 13.1 Å². The van der Waals surface area contributed by atoms with Crippen LogP contribution in [0.4, 0.5) is 0 Å². The molecule has 0 radical (unpaired) electrons. The predicted molar refractivity (Wildman–Crippen MR) is 270 cm³/mol. The number of carboxylic acid groups (broad SMARTS) is 2. The maximum atomic E-state index is 13.5. The van der Waals surface area contributed by atoms with Crippen LogP contribution >= 0.6 is 0 Å². The molecule has 6 N–H and O–H groups in total. The van der Waals surface area contributed by atoms with Crippen LogP contribution < -0.4 is 10.6 Å². The number of nitrogens with one attached hydrogen (secondary N) is 4. The number of aliphatic carboxylic acids is 2. The van der Waals surface area contributed by atoms with E-state index in [0.717, 1.165) is 63.6 Å². The highest BCUT2D eigenvalue weighted by molar-refractivity contribution is 6.24. The van der Waals surface area contributed by atoms with E-state index in [9.17, 15) is 34.2 Å². The van der Waals surface area contributed by atoms with E-state index in [4.69, 9.17) is 34.0 Å². The monoisotopic (exact) mass is 1000 g/mol. The van der Waals surface area contributed by atoms with E-state index in [1.54, 1.807) is 13.0 Å². The number of allylic oxidation sites excluding steroid dienone is 1. The zero-order valence-corrected chi connectivity index (χ0v) is 43.0. The number of carboxylic acids is 2. The van der Waals surface area contributed by atoms with Gasteiger partial charge >= 0.3 is 17.9 Å². The molecule has 0 unspecified atom stereocenters. The van der Waals surface area contributed by atoms with Crippen LogP contribution in [-0.2, 0) is 60.8 Å². The minimum atomic E-state index is -1.25. The normalized spacial score (nSPS) is 28.2. The van der Waals surface area contributed by atoms with Gasteiger partial charge in [0, 0.05) is 94.9 Å². The van der Waals surface area contributed by atoms with Crippen molar-refractivity contribution >= 4 is 69.0 Å². The van der Waals surface area contributed by atoms with Crippen LogP contribution in [-0.4, -0.2) is 96.9 Å². The molecule has 3 aromatic rings. The van der Waals surface area contributed by atoms with Crippen LogP contribution in [0.5, 0.6) is 0 Å². The van der Waals surface area contributed by atoms with E-state index >= 15 is 0 Å². The molecule has 9 heterocycles. The van der Waals surface area contributed by atoms with Crippen molar-refractivity contribution < 1.29 is 58.2 Å². The molecule has 1 aliphatic carbocycles. The van der Waals surface area contributed by atoms with Gasteiger partial charge in [0.15, 0.2) is 11.9 Å². The Bertz CT molecular complexity index is 2980. The van der Waals surface area contributed by atoms with Crippen molar-refractivity contribution in [3.05, 3.63) is 75.4 Å². The number of aromatic amines is 2. The average molecular weight is 1010 g/mol. The number of aromatic nitrogens is 4. The van der Waals surface area contributed by atoms with Crippen LogP contribution in [0, 0.1) is 37.5 Å². The minimum Gasteiger partial charge on any atom is -0.481 e. The number of hydrogen-bond acceptors (Lipinski definition) is 12. The van der Waals surface area contributed by atoms with Crippen molar-refractivity contribution in [1.29, 1.82) is 0 Å². The molecule has 10 rings (SSSR count). The third-order valence-corrected chi connectivity index (χ3v) is 16.6. The first-order chi connectivity index (χ1) is 34.8. The SMILES string of the molecule is C=Cc1c(C)c2cc3nc(c(CC(=O)O)c4nc(cc5[nH]c(cc1[nH]2)c(C)c5CC)C(C)=C4C(=O)O)[C@@H](CCC(=O)NCCNC(=O)CCC(=O)O[C@@H]1O[C@@H]2O[C@@]4(C)CC[C@H]5[C@H](C)CC[C@@H]([C@H]1C)[C@@]25OO4)[C@@H]3C. The average Bonchev–Trinajstić information content (AvgIpc) is 3.97. The predicted octanol–water partition coefficient (Wildman–Crippen LogP) is 8.21. The van der Waals surface area contributed by atoms with Gasteiger partial charge < -0.3 is 45.0 Å². The lowest BCUT2D eigenvalue weighted by atomic mass is 9.58. The molecule has 10 atom stereocenters. The number of fused-ring (bicyclic) bond motifs is 10. The molecule has 0 aromatic carbocycles. The van der Waals surface area contributed by atoms with Crippen molar-refractivity contribution in [3.63, 3.8) is 0 Å². The zero-order valence-electron chi connectivity index (χ0n) is 43.0. The lowest BCUT2D eigenvalue weighted by molar-refractivity contribution is -0.576. The van der Waals surface area contributed by atoms with Gasteiger partial charge in [-0.1, -0.05) is 40.3 Å². The summed E-state index contributed by atoms with van der Waals surface area (Å²) in [7, 11) is 0. The summed E-state index contributed by atoms with van der Waals surface area (Å²) in [4.78, 5) is 94.4. The molecule has 1 saturated carbocycles. The molecule has 390 valence electrons. The number of amides is 2. The third-order valence-electron chi connectivity index (χ3n) is 16.6. The first-order valence-corrected chi connectivity index (χ1v) is 25.7. The summed E-state index contributed by atoms with van der Waals surface area (Å²) in [6, 6.07) is 5.77. The third kappa shape index (κ3) is 9.51. The van der Waals surface area contributed by atoms with Gasteiger partial charge in [-0.15, -0.1) is 0 Å². The van der Waals surface area contributed by atoms with Crippen LogP contribution in [0.2, 0.25) is 0 Å². The molecule has 5 fully saturated rings. The lowest BCUT2D eigenvalue weighted by Gasteiger charge is -2.59. The standard InChI is InChI=1S/C55H68N6O12/c1-10-32-27(4)38-23-40-29(6)34(49(60-40)35(22-46(64)65)50-48(51(67)68)31(8)41(61-50)25-43-33(11-2)28(5)39(59-43)24-42(32)58-38)13-15-44(62)56-20-21-57-45(63)16-17-47(66)69-52-30(7)37-14-12-26(3)36-18-19-54(9)71-53(70-52)55(36,37)73-72-54/h10,23-26,29-30,34,36-37,52-53,58-59H,1,11-22H2,2-9H3,(H,56,62)(H,57,63)(H,64,65)(H,67,68)/t26-,29+,30-,34+,36+,37+,52-,53-,54-,55-/m1/s1. The Kier molecular flexibility index (Phi) is 14.3. The van der Waals surface area contributed by atoms with Crippen molar-refractivity contribution in [2.24, 2.45) is 23.7 Å². The second-order valence-electron chi connectivity index (χ2n) is 21.1. The smallest absolute Gasteiger partial charge is 0.338 e. The highest BCUT2D eigenvalue weighted by Crippen LogP contribution is 2.60. The van der Waals surface area contributed by atoms with E-state index in [1.807, 2.05) is 59.7 Å². The fourth-order valence-corrected chi connectivity index (χ4v) is 12.5. The summed E-state index contributed by atoms with van der Waals surface area (Å²) in [6.45, 7) is 20.0. The number of hydrogen-bond donors (Lipinski definition) is 6. The van der Waals surface area contributed by atoms with E-state index in [-0.39, 0.29) is 85.2 Å². The van der Waals surface area contributed by atoms with Crippen LogP contribution in [0.1, 0.15) is 155 Å². The fraction of sp³-hybridized carbons (Fsp3) is 0.545. The molecule has 3 aromatic heterocycles. The van der Waals surface area contributed by atoms with E-state index in [0.29, 0.717) is 41.4 Å². The van der Waals surface area contributed by atoms with Crippen molar-refractivity contribution in [3.8, 4) is 0 Å². The Morgan fingerprint density at radius 2 is 1.58 bits per heavy atom. The maximum absolute atomic E-state index is 13.5. The Morgan fingerprint density at radius 3 is 2.27 bits per heavy atom. The molecule has 4 saturated heterocycles. The van der Waals surface area contributed by atoms with Gasteiger partial charge in [-0.05, 0) is 112 Å². The summed E-state index contributed by atoms with van der Waals surface area (Å²) < 4.78 is 18.6. The Morgan fingerprint density at radius 1 is 0.863 bits per heavy atom. The quantitative estimate of drug-likeness (QED) is 0.0477. The molecule has 18 heteroatoms. The molecule has 7 aliphatic rings. The van der Waals surface area contributed by atoms with Gasteiger partial charge in [0.2, 0.25) is 23.9 Å². The first-order valence-electron chi connectivity index (χ1n) is 25.7. The highest BCUT2D eigenvalue weighted by Gasteiger charge is 2.70. The Labute approximate surface area is 424 Å². The number of H-pyrrole nitrogens is 2. The second-order valence-corrected chi connectivity index (χ2v) is 21.1. The minimum absolute atomic E-state index is 0.0165. The summed E-state index contributed by atoms with van der Waals surface area (Å²) in [5.41, 5.74) is 8.17. The number of carbonyl (C=O) groups excluding carboxylic acids is 3. The van der Waals surface area contributed by atoms with E-state index in [2.05, 4.69) is 34.1 Å². The van der Waals surface area contributed by atoms with Gasteiger partial charge in [0.05, 0.1) is 35.5 Å². The number of nitrogens with zero attached hydrogens (tertiary/aromatic N) is 2.